The van der Waals surface area contributed by atoms with Gasteiger partial charge in [0.15, 0.2) is 0 Å². The molecular formula is C21H21N3O5S. The van der Waals surface area contributed by atoms with Gasteiger partial charge in [0.2, 0.25) is 5.88 Å². The maximum absolute atomic E-state index is 12.5. The maximum atomic E-state index is 12.5. The molecule has 2 N–H and O–H groups in total. The first-order valence-electron chi connectivity index (χ1n) is 9.11. The average Bonchev–Trinajstić information content (AvgIpc) is 2.75. The SMILES string of the molecule is CCNC(=O)c1cccnc1Oc1ccc(NS(=O)(=O)c2ccc(OC)cc2)cc1. The summed E-state index contributed by atoms with van der Waals surface area (Å²) in [7, 11) is -2.24. The summed E-state index contributed by atoms with van der Waals surface area (Å²) in [5.41, 5.74) is 0.673. The molecule has 1 aromatic heterocycles. The van der Waals surface area contributed by atoms with Crippen LogP contribution in [0.4, 0.5) is 5.69 Å². The van der Waals surface area contributed by atoms with E-state index < -0.39 is 10.0 Å². The fourth-order valence-corrected chi connectivity index (χ4v) is 3.63. The van der Waals surface area contributed by atoms with Gasteiger partial charge in [0.1, 0.15) is 17.1 Å². The van der Waals surface area contributed by atoms with Crippen molar-refractivity contribution in [1.29, 1.82) is 0 Å². The van der Waals surface area contributed by atoms with E-state index in [0.717, 1.165) is 0 Å². The molecule has 156 valence electrons. The van der Waals surface area contributed by atoms with Gasteiger partial charge in [0.05, 0.1) is 12.0 Å². The Bertz CT molecular complexity index is 1110. The van der Waals surface area contributed by atoms with Crippen LogP contribution in [0.2, 0.25) is 0 Å². The summed E-state index contributed by atoms with van der Waals surface area (Å²) in [6.45, 7) is 2.30. The number of amides is 1. The largest absolute Gasteiger partial charge is 0.497 e. The maximum Gasteiger partial charge on any atom is 0.261 e. The van der Waals surface area contributed by atoms with Gasteiger partial charge in [-0.2, -0.15) is 0 Å². The molecule has 3 rings (SSSR count). The van der Waals surface area contributed by atoms with Crippen LogP contribution in [-0.4, -0.2) is 33.0 Å². The molecule has 3 aromatic rings. The Kier molecular flexibility index (Phi) is 6.53. The van der Waals surface area contributed by atoms with Gasteiger partial charge in [0.25, 0.3) is 15.9 Å². The van der Waals surface area contributed by atoms with Crippen LogP contribution in [0.25, 0.3) is 0 Å². The molecule has 0 aliphatic rings. The molecule has 0 saturated carbocycles. The second-order valence-corrected chi connectivity index (χ2v) is 7.81. The van der Waals surface area contributed by atoms with Crippen LogP contribution in [0.15, 0.2) is 71.8 Å². The highest BCUT2D eigenvalue weighted by Gasteiger charge is 2.16. The smallest absolute Gasteiger partial charge is 0.261 e. The molecule has 0 fully saturated rings. The summed E-state index contributed by atoms with van der Waals surface area (Å²) in [4.78, 5) is 16.3. The van der Waals surface area contributed by atoms with E-state index in [4.69, 9.17) is 9.47 Å². The summed E-state index contributed by atoms with van der Waals surface area (Å²) in [5, 5.41) is 2.70. The number of hydrogen-bond donors (Lipinski definition) is 2. The van der Waals surface area contributed by atoms with Gasteiger partial charge >= 0.3 is 0 Å². The Balaban J connectivity index is 1.73. The van der Waals surface area contributed by atoms with Crippen LogP contribution in [0.5, 0.6) is 17.4 Å². The number of sulfonamides is 1. The number of carbonyl (C=O) groups excluding carboxylic acids is 1. The van der Waals surface area contributed by atoms with Crippen molar-refractivity contribution in [3.63, 3.8) is 0 Å². The van der Waals surface area contributed by atoms with E-state index in [2.05, 4.69) is 15.0 Å². The van der Waals surface area contributed by atoms with Crippen molar-refractivity contribution in [2.24, 2.45) is 0 Å². The second kappa shape index (κ2) is 9.27. The minimum atomic E-state index is -3.75. The number of nitrogens with zero attached hydrogens (tertiary/aromatic N) is 1. The standard InChI is InChI=1S/C21H21N3O5S/c1-3-22-20(25)19-5-4-14-23-21(19)29-17-8-6-15(7-9-17)24-30(26,27)18-12-10-16(28-2)11-13-18/h4-14,24H,3H2,1-2H3,(H,22,25). The zero-order valence-electron chi connectivity index (χ0n) is 16.5. The Morgan fingerprint density at radius 2 is 1.67 bits per heavy atom. The predicted molar refractivity (Wildman–Crippen MR) is 113 cm³/mol. The topological polar surface area (TPSA) is 107 Å². The average molecular weight is 427 g/mol. The van der Waals surface area contributed by atoms with Gasteiger partial charge in [-0.25, -0.2) is 13.4 Å². The number of methoxy groups -OCH3 is 1. The minimum absolute atomic E-state index is 0.115. The van der Waals surface area contributed by atoms with Gasteiger partial charge in [-0.1, -0.05) is 0 Å². The molecule has 0 saturated heterocycles. The Morgan fingerprint density at radius 3 is 2.30 bits per heavy atom. The minimum Gasteiger partial charge on any atom is -0.497 e. The molecule has 1 heterocycles. The van der Waals surface area contributed by atoms with Gasteiger partial charge in [-0.05, 0) is 67.6 Å². The lowest BCUT2D eigenvalue weighted by atomic mass is 10.2. The molecule has 9 heteroatoms. The Hall–Kier alpha value is -3.59. The zero-order chi connectivity index (χ0) is 21.6. The third-order valence-corrected chi connectivity index (χ3v) is 5.44. The lowest BCUT2D eigenvalue weighted by Gasteiger charge is -2.11. The number of benzene rings is 2. The quantitative estimate of drug-likeness (QED) is 0.570. The molecule has 0 bridgehead atoms. The fourth-order valence-electron chi connectivity index (χ4n) is 2.57. The highest BCUT2D eigenvalue weighted by molar-refractivity contribution is 7.92. The molecular weight excluding hydrogens is 406 g/mol. The summed E-state index contributed by atoms with van der Waals surface area (Å²) in [5.74, 6) is 0.850. The molecule has 1 amide bonds. The number of nitrogens with one attached hydrogen (secondary N) is 2. The first-order valence-corrected chi connectivity index (χ1v) is 10.6. The second-order valence-electron chi connectivity index (χ2n) is 6.12. The van der Waals surface area contributed by atoms with Gasteiger partial charge in [-0.3, -0.25) is 9.52 Å². The van der Waals surface area contributed by atoms with Crippen LogP contribution in [-0.2, 0) is 10.0 Å². The third kappa shape index (κ3) is 5.06. The number of carbonyl (C=O) groups is 1. The first kappa shape index (κ1) is 21.1. The molecule has 0 spiro atoms. The monoisotopic (exact) mass is 427 g/mol. The molecule has 0 unspecified atom stereocenters. The van der Waals surface area contributed by atoms with Crippen LogP contribution in [0.1, 0.15) is 17.3 Å². The molecule has 2 aromatic carbocycles. The van der Waals surface area contributed by atoms with Crippen molar-refractivity contribution in [2.75, 3.05) is 18.4 Å². The molecule has 0 atom stereocenters. The van der Waals surface area contributed by atoms with Gasteiger partial charge in [-0.15, -0.1) is 0 Å². The first-order chi connectivity index (χ1) is 14.4. The van der Waals surface area contributed by atoms with Crippen molar-refractivity contribution in [2.45, 2.75) is 11.8 Å². The van der Waals surface area contributed by atoms with Crippen molar-refractivity contribution in [3.05, 3.63) is 72.4 Å². The summed E-state index contributed by atoms with van der Waals surface area (Å²) < 4.78 is 38.3. The lowest BCUT2D eigenvalue weighted by Crippen LogP contribution is -2.23. The molecule has 0 aliphatic carbocycles. The number of aromatic nitrogens is 1. The van der Waals surface area contributed by atoms with Crippen LogP contribution in [0.3, 0.4) is 0 Å². The fraction of sp³-hybridized carbons (Fsp3) is 0.143. The molecule has 8 nitrogen and oxygen atoms in total. The summed E-state index contributed by atoms with van der Waals surface area (Å²) >= 11 is 0. The van der Waals surface area contributed by atoms with Gasteiger partial charge < -0.3 is 14.8 Å². The summed E-state index contributed by atoms with van der Waals surface area (Å²) in [6, 6.07) is 15.6. The number of anilines is 1. The van der Waals surface area contributed by atoms with Crippen molar-refractivity contribution in [1.82, 2.24) is 10.3 Å². The number of ether oxygens (including phenoxy) is 2. The molecule has 30 heavy (non-hydrogen) atoms. The van der Waals surface area contributed by atoms with E-state index in [1.54, 1.807) is 48.5 Å². The van der Waals surface area contributed by atoms with Crippen molar-refractivity contribution < 1.29 is 22.7 Å². The zero-order valence-corrected chi connectivity index (χ0v) is 17.3. The van der Waals surface area contributed by atoms with Crippen LogP contribution >= 0.6 is 0 Å². The Labute approximate surface area is 174 Å². The number of rotatable bonds is 8. The summed E-state index contributed by atoms with van der Waals surface area (Å²) in [6.07, 6.45) is 1.52. The van der Waals surface area contributed by atoms with Crippen molar-refractivity contribution in [3.8, 4) is 17.4 Å². The molecule has 0 aliphatic heterocycles. The lowest BCUT2D eigenvalue weighted by molar-refractivity contribution is 0.0953. The van der Waals surface area contributed by atoms with Crippen molar-refractivity contribution >= 4 is 21.6 Å². The van der Waals surface area contributed by atoms with Gasteiger partial charge in [0, 0.05) is 18.4 Å². The van der Waals surface area contributed by atoms with E-state index in [9.17, 15) is 13.2 Å². The number of hydrogen-bond acceptors (Lipinski definition) is 6. The van der Waals surface area contributed by atoms with E-state index in [0.29, 0.717) is 29.3 Å². The molecule has 0 radical (unpaired) electrons. The van der Waals surface area contributed by atoms with Crippen LogP contribution < -0.4 is 19.5 Å². The van der Waals surface area contributed by atoms with E-state index >= 15 is 0 Å². The normalized spacial score (nSPS) is 10.9. The van der Waals surface area contributed by atoms with E-state index in [1.165, 1.54) is 25.4 Å². The highest BCUT2D eigenvalue weighted by atomic mass is 32.2. The van der Waals surface area contributed by atoms with E-state index in [1.807, 2.05) is 6.92 Å². The van der Waals surface area contributed by atoms with Crippen LogP contribution in [0, 0.1) is 0 Å². The predicted octanol–water partition coefficient (Wildman–Crippen LogP) is 3.43. The van der Waals surface area contributed by atoms with E-state index in [-0.39, 0.29) is 16.7 Å². The third-order valence-electron chi connectivity index (χ3n) is 4.04. The highest BCUT2D eigenvalue weighted by Crippen LogP contribution is 2.25. The number of pyridine rings is 1. The Morgan fingerprint density at radius 1 is 1.00 bits per heavy atom.